The zero-order valence-corrected chi connectivity index (χ0v) is 11.2. The van der Waals surface area contributed by atoms with Crippen molar-refractivity contribution in [3.63, 3.8) is 0 Å². The minimum absolute atomic E-state index is 0.0520. The van der Waals surface area contributed by atoms with Gasteiger partial charge in [-0.1, -0.05) is 0 Å². The number of thiophene rings is 1. The third-order valence-electron chi connectivity index (χ3n) is 3.54. The van der Waals surface area contributed by atoms with Gasteiger partial charge in [0, 0.05) is 18.5 Å². The Hall–Kier alpha value is -0.910. The van der Waals surface area contributed by atoms with Crippen LogP contribution < -0.4 is 11.1 Å². The average Bonchev–Trinajstić information content (AvgIpc) is 2.90. The molecule has 1 aliphatic rings. The van der Waals surface area contributed by atoms with Crippen LogP contribution in [0.5, 0.6) is 0 Å². The Kier molecular flexibility index (Phi) is 4.74. The Morgan fingerprint density at radius 2 is 2.22 bits per heavy atom. The van der Waals surface area contributed by atoms with Crippen LogP contribution in [0.15, 0.2) is 16.8 Å². The maximum Gasteiger partial charge on any atom is 0.223 e. The first-order valence-corrected chi connectivity index (χ1v) is 7.34. The molecule has 4 nitrogen and oxygen atoms in total. The first kappa shape index (κ1) is 13.5. The minimum atomic E-state index is -0.606. The Balaban J connectivity index is 1.75. The summed E-state index contributed by atoms with van der Waals surface area (Å²) >= 11 is 1.54. The Bertz CT molecular complexity index is 372. The van der Waals surface area contributed by atoms with Crippen LogP contribution in [0.2, 0.25) is 0 Å². The SMILES string of the molecule is NC1CCC(C(=O)NCC(O)c2ccsc2)CC1. The van der Waals surface area contributed by atoms with Crippen LogP contribution >= 0.6 is 11.3 Å². The maximum absolute atomic E-state index is 11.9. The van der Waals surface area contributed by atoms with Crippen LogP contribution in [0, 0.1) is 5.92 Å². The number of amides is 1. The van der Waals surface area contributed by atoms with Crippen molar-refractivity contribution in [1.82, 2.24) is 5.32 Å². The number of carbonyl (C=O) groups excluding carboxylic acids is 1. The van der Waals surface area contributed by atoms with Crippen molar-refractivity contribution in [2.45, 2.75) is 37.8 Å². The van der Waals surface area contributed by atoms with Gasteiger partial charge in [0.2, 0.25) is 5.91 Å². The molecule has 0 aliphatic heterocycles. The third kappa shape index (κ3) is 3.54. The van der Waals surface area contributed by atoms with E-state index in [9.17, 15) is 9.90 Å². The summed E-state index contributed by atoms with van der Waals surface area (Å²) in [5, 5.41) is 16.5. The van der Waals surface area contributed by atoms with E-state index in [-0.39, 0.29) is 24.4 Å². The van der Waals surface area contributed by atoms with Crippen molar-refractivity contribution in [3.05, 3.63) is 22.4 Å². The van der Waals surface area contributed by atoms with E-state index in [2.05, 4.69) is 5.32 Å². The fourth-order valence-electron chi connectivity index (χ4n) is 2.31. The van der Waals surface area contributed by atoms with Crippen molar-refractivity contribution >= 4 is 17.2 Å². The molecule has 1 unspecified atom stereocenters. The number of aliphatic hydroxyl groups is 1. The highest BCUT2D eigenvalue weighted by atomic mass is 32.1. The summed E-state index contributed by atoms with van der Waals surface area (Å²) in [6, 6.07) is 2.13. The van der Waals surface area contributed by atoms with Gasteiger partial charge in [0.1, 0.15) is 0 Å². The summed E-state index contributed by atoms with van der Waals surface area (Å²) in [5.74, 6) is 0.121. The lowest BCUT2D eigenvalue weighted by molar-refractivity contribution is -0.126. The second-order valence-corrected chi connectivity index (χ2v) is 5.71. The molecule has 0 saturated heterocycles. The molecule has 0 spiro atoms. The summed E-state index contributed by atoms with van der Waals surface area (Å²) in [7, 11) is 0. The first-order chi connectivity index (χ1) is 8.66. The summed E-state index contributed by atoms with van der Waals surface area (Å²) in [6.07, 6.45) is 2.96. The van der Waals surface area contributed by atoms with E-state index in [1.165, 1.54) is 0 Å². The van der Waals surface area contributed by atoms with E-state index in [1.807, 2.05) is 16.8 Å². The average molecular weight is 268 g/mol. The van der Waals surface area contributed by atoms with Gasteiger partial charge in [-0.3, -0.25) is 4.79 Å². The van der Waals surface area contributed by atoms with Gasteiger partial charge in [-0.05, 0) is 48.1 Å². The molecule has 100 valence electrons. The van der Waals surface area contributed by atoms with E-state index < -0.39 is 6.10 Å². The van der Waals surface area contributed by atoms with Crippen LogP contribution in [-0.2, 0) is 4.79 Å². The number of rotatable bonds is 4. The summed E-state index contributed by atoms with van der Waals surface area (Å²) in [4.78, 5) is 11.9. The van der Waals surface area contributed by atoms with Gasteiger partial charge in [-0.15, -0.1) is 0 Å². The summed E-state index contributed by atoms with van der Waals surface area (Å²) in [6.45, 7) is 0.290. The molecule has 1 fully saturated rings. The summed E-state index contributed by atoms with van der Waals surface area (Å²) in [5.41, 5.74) is 6.68. The zero-order chi connectivity index (χ0) is 13.0. The van der Waals surface area contributed by atoms with Crippen LogP contribution in [0.3, 0.4) is 0 Å². The molecule has 1 heterocycles. The molecule has 0 radical (unpaired) electrons. The molecule has 4 N–H and O–H groups in total. The molecule has 18 heavy (non-hydrogen) atoms. The van der Waals surface area contributed by atoms with Crippen molar-refractivity contribution in [1.29, 1.82) is 0 Å². The second kappa shape index (κ2) is 6.31. The number of aliphatic hydroxyl groups excluding tert-OH is 1. The molecule has 1 aromatic rings. The normalized spacial score (nSPS) is 25.7. The van der Waals surface area contributed by atoms with E-state index in [4.69, 9.17) is 5.73 Å². The fourth-order valence-corrected chi connectivity index (χ4v) is 3.01. The largest absolute Gasteiger partial charge is 0.387 e. The molecule has 5 heteroatoms. The van der Waals surface area contributed by atoms with Gasteiger partial charge in [0.25, 0.3) is 0 Å². The van der Waals surface area contributed by atoms with Gasteiger partial charge in [-0.2, -0.15) is 11.3 Å². The van der Waals surface area contributed by atoms with E-state index in [1.54, 1.807) is 11.3 Å². The van der Waals surface area contributed by atoms with E-state index in [0.717, 1.165) is 31.2 Å². The molecule has 1 atom stereocenters. The van der Waals surface area contributed by atoms with Gasteiger partial charge < -0.3 is 16.2 Å². The highest BCUT2D eigenvalue weighted by Crippen LogP contribution is 2.23. The predicted molar refractivity (Wildman–Crippen MR) is 72.2 cm³/mol. The number of nitrogens with one attached hydrogen (secondary N) is 1. The number of carbonyl (C=O) groups is 1. The quantitative estimate of drug-likeness (QED) is 0.773. The molecule has 2 rings (SSSR count). The van der Waals surface area contributed by atoms with Crippen molar-refractivity contribution in [3.8, 4) is 0 Å². The highest BCUT2D eigenvalue weighted by Gasteiger charge is 2.24. The minimum Gasteiger partial charge on any atom is -0.387 e. The number of nitrogens with two attached hydrogens (primary N) is 1. The predicted octanol–water partition coefficient (Wildman–Crippen LogP) is 1.42. The molecular weight excluding hydrogens is 248 g/mol. The molecule has 1 amide bonds. The monoisotopic (exact) mass is 268 g/mol. The van der Waals surface area contributed by atoms with Crippen molar-refractivity contribution < 1.29 is 9.90 Å². The molecule has 0 aromatic carbocycles. The Morgan fingerprint density at radius 1 is 1.50 bits per heavy atom. The molecular formula is C13H20N2O2S. The van der Waals surface area contributed by atoms with Gasteiger partial charge >= 0.3 is 0 Å². The lowest BCUT2D eigenvalue weighted by Gasteiger charge is -2.25. The van der Waals surface area contributed by atoms with Crippen LogP contribution in [0.1, 0.15) is 37.4 Å². The standard InChI is InChI=1S/C13H20N2O2S/c14-11-3-1-9(2-4-11)13(17)15-7-12(16)10-5-6-18-8-10/h5-6,8-9,11-12,16H,1-4,7,14H2,(H,15,17). The Labute approximate surface area is 111 Å². The van der Waals surface area contributed by atoms with Gasteiger partial charge in [0.15, 0.2) is 0 Å². The molecule has 1 aliphatic carbocycles. The maximum atomic E-state index is 11.9. The van der Waals surface area contributed by atoms with Crippen molar-refractivity contribution in [2.24, 2.45) is 11.7 Å². The second-order valence-electron chi connectivity index (χ2n) is 4.93. The van der Waals surface area contributed by atoms with Gasteiger partial charge in [0.05, 0.1) is 6.10 Å². The molecule has 1 aromatic heterocycles. The third-order valence-corrected chi connectivity index (χ3v) is 4.24. The topological polar surface area (TPSA) is 75.4 Å². The molecule has 1 saturated carbocycles. The summed E-state index contributed by atoms with van der Waals surface area (Å²) < 4.78 is 0. The first-order valence-electron chi connectivity index (χ1n) is 6.40. The zero-order valence-electron chi connectivity index (χ0n) is 10.3. The number of hydrogen-bond acceptors (Lipinski definition) is 4. The lowest BCUT2D eigenvalue weighted by Crippen LogP contribution is -2.37. The van der Waals surface area contributed by atoms with Crippen LogP contribution in [0.25, 0.3) is 0 Å². The fraction of sp³-hybridized carbons (Fsp3) is 0.615. The van der Waals surface area contributed by atoms with E-state index in [0.29, 0.717) is 0 Å². The van der Waals surface area contributed by atoms with E-state index >= 15 is 0 Å². The number of hydrogen-bond donors (Lipinski definition) is 3. The molecule has 0 bridgehead atoms. The smallest absolute Gasteiger partial charge is 0.223 e. The van der Waals surface area contributed by atoms with Crippen LogP contribution in [0.4, 0.5) is 0 Å². The van der Waals surface area contributed by atoms with Crippen LogP contribution in [-0.4, -0.2) is 23.6 Å². The highest BCUT2D eigenvalue weighted by molar-refractivity contribution is 7.07. The van der Waals surface area contributed by atoms with Gasteiger partial charge in [-0.25, -0.2) is 0 Å². The Morgan fingerprint density at radius 3 is 2.83 bits per heavy atom. The lowest BCUT2D eigenvalue weighted by atomic mass is 9.86. The van der Waals surface area contributed by atoms with Crippen molar-refractivity contribution in [2.75, 3.05) is 6.54 Å².